The molecule has 0 amide bonds. The Kier molecular flexibility index (Phi) is 3.66. The van der Waals surface area contributed by atoms with E-state index in [1.54, 1.807) is 0 Å². The van der Waals surface area contributed by atoms with Crippen molar-refractivity contribution in [3.8, 4) is 0 Å². The first kappa shape index (κ1) is 14.5. The number of H-pyrrole nitrogens is 1. The van der Waals surface area contributed by atoms with Crippen molar-refractivity contribution in [2.75, 3.05) is 13.1 Å². The fraction of sp³-hybridized carbons (Fsp3) is 0.375. The summed E-state index contributed by atoms with van der Waals surface area (Å²) >= 11 is 1.25. The van der Waals surface area contributed by atoms with Gasteiger partial charge in [0.2, 0.25) is 0 Å². The molecule has 0 saturated carbocycles. The van der Waals surface area contributed by atoms with Crippen LogP contribution in [0.1, 0.15) is 22.6 Å². The van der Waals surface area contributed by atoms with Gasteiger partial charge in [-0.25, -0.2) is 4.98 Å². The average molecular weight is 327 g/mol. The van der Waals surface area contributed by atoms with Gasteiger partial charge in [0.25, 0.3) is 5.56 Å². The first-order valence-corrected chi connectivity index (χ1v) is 8.44. The van der Waals surface area contributed by atoms with Gasteiger partial charge >= 0.3 is 0 Å². The molecule has 6 nitrogen and oxygen atoms in total. The van der Waals surface area contributed by atoms with E-state index in [0.29, 0.717) is 5.82 Å². The van der Waals surface area contributed by atoms with Crippen molar-refractivity contribution in [2.24, 2.45) is 0 Å². The molecule has 118 valence electrons. The molecule has 1 aromatic carbocycles. The van der Waals surface area contributed by atoms with Crippen LogP contribution in [0.3, 0.4) is 0 Å². The highest BCUT2D eigenvalue weighted by Crippen LogP contribution is 2.17. The zero-order valence-electron chi connectivity index (χ0n) is 12.9. The van der Waals surface area contributed by atoms with Crippen LogP contribution in [0.4, 0.5) is 0 Å². The van der Waals surface area contributed by atoms with Gasteiger partial charge in [0.1, 0.15) is 16.9 Å². The third-order valence-electron chi connectivity index (χ3n) is 4.29. The largest absolute Gasteiger partial charge is 0.311 e. The number of aromatic amines is 1. The lowest BCUT2D eigenvalue weighted by molar-refractivity contribution is 0.279. The minimum absolute atomic E-state index is 0.0179. The molecule has 1 aliphatic heterocycles. The molecule has 0 saturated heterocycles. The topological polar surface area (TPSA) is 74.8 Å². The Morgan fingerprint density at radius 1 is 1.22 bits per heavy atom. The molecule has 23 heavy (non-hydrogen) atoms. The van der Waals surface area contributed by atoms with E-state index >= 15 is 0 Å². The van der Waals surface area contributed by atoms with Crippen LogP contribution in [0.2, 0.25) is 0 Å². The predicted octanol–water partition coefficient (Wildman–Crippen LogP) is 1.68. The molecule has 1 N–H and O–H groups in total. The van der Waals surface area contributed by atoms with Crippen LogP contribution < -0.4 is 5.56 Å². The highest BCUT2D eigenvalue weighted by Gasteiger charge is 2.18. The maximum absolute atomic E-state index is 12.1. The van der Waals surface area contributed by atoms with Crippen molar-refractivity contribution < 1.29 is 0 Å². The summed E-state index contributed by atoms with van der Waals surface area (Å²) in [5, 5.41) is 0. The Hall–Kier alpha value is -2.12. The third kappa shape index (κ3) is 2.89. The van der Waals surface area contributed by atoms with Gasteiger partial charge in [-0.2, -0.15) is 8.75 Å². The van der Waals surface area contributed by atoms with E-state index in [2.05, 4.69) is 35.7 Å². The van der Waals surface area contributed by atoms with Crippen molar-refractivity contribution in [1.82, 2.24) is 23.6 Å². The number of aromatic nitrogens is 4. The molecule has 1 aliphatic rings. The van der Waals surface area contributed by atoms with Gasteiger partial charge in [-0.3, -0.25) is 9.69 Å². The van der Waals surface area contributed by atoms with Crippen molar-refractivity contribution in [3.05, 3.63) is 51.2 Å². The van der Waals surface area contributed by atoms with Gasteiger partial charge in [0.15, 0.2) is 0 Å². The number of hydrogen-bond donors (Lipinski definition) is 1. The number of hydrogen-bond acceptors (Lipinski definition) is 6. The molecular formula is C16H17N5OS. The lowest BCUT2D eigenvalue weighted by Crippen LogP contribution is -2.26. The zero-order chi connectivity index (χ0) is 15.8. The van der Waals surface area contributed by atoms with Crippen molar-refractivity contribution in [3.63, 3.8) is 0 Å². The SMILES string of the molecule is Cc1nc2c(c(=O)[nH]1)CCN(Cc1ccc3nsnc3c1)CC2. The summed E-state index contributed by atoms with van der Waals surface area (Å²) in [6.07, 6.45) is 1.57. The summed E-state index contributed by atoms with van der Waals surface area (Å²) in [6, 6.07) is 6.24. The molecule has 0 fully saturated rings. The second kappa shape index (κ2) is 5.82. The second-order valence-corrected chi connectivity index (χ2v) is 6.47. The number of aryl methyl sites for hydroxylation is 1. The van der Waals surface area contributed by atoms with Crippen molar-refractivity contribution in [2.45, 2.75) is 26.3 Å². The van der Waals surface area contributed by atoms with Crippen LogP contribution >= 0.6 is 11.7 Å². The van der Waals surface area contributed by atoms with Gasteiger partial charge in [-0.05, 0) is 31.0 Å². The van der Waals surface area contributed by atoms with Gasteiger partial charge in [-0.15, -0.1) is 0 Å². The Balaban J connectivity index is 1.53. The van der Waals surface area contributed by atoms with E-state index in [4.69, 9.17) is 0 Å². The zero-order valence-corrected chi connectivity index (χ0v) is 13.7. The molecule has 2 aromatic heterocycles. The first-order valence-electron chi connectivity index (χ1n) is 7.71. The average Bonchev–Trinajstić information content (AvgIpc) is 2.89. The standard InChI is InChI=1S/C16H17N5OS/c1-10-17-13-5-7-21(6-4-12(13)16(22)18-10)9-11-2-3-14-15(8-11)20-23-19-14/h2-3,8H,4-7,9H2,1H3,(H,17,18,22). The van der Waals surface area contributed by atoms with Crippen LogP contribution in [-0.2, 0) is 19.4 Å². The molecule has 7 heteroatoms. The number of nitrogens with one attached hydrogen (secondary N) is 1. The Morgan fingerprint density at radius 3 is 2.96 bits per heavy atom. The van der Waals surface area contributed by atoms with Crippen LogP contribution in [-0.4, -0.2) is 36.7 Å². The third-order valence-corrected chi connectivity index (χ3v) is 4.84. The number of benzene rings is 1. The normalized spacial score (nSPS) is 15.5. The van der Waals surface area contributed by atoms with Gasteiger partial charge in [0.05, 0.1) is 17.4 Å². The summed E-state index contributed by atoms with van der Waals surface area (Å²) in [4.78, 5) is 21.8. The predicted molar refractivity (Wildman–Crippen MR) is 89.7 cm³/mol. The van der Waals surface area contributed by atoms with Crippen molar-refractivity contribution in [1.29, 1.82) is 0 Å². The molecule has 0 unspecified atom stereocenters. The van der Waals surface area contributed by atoms with Gasteiger partial charge in [0, 0.05) is 31.6 Å². The van der Waals surface area contributed by atoms with E-state index in [0.717, 1.165) is 54.8 Å². The van der Waals surface area contributed by atoms with Crippen molar-refractivity contribution >= 4 is 22.8 Å². The van der Waals surface area contributed by atoms with E-state index in [9.17, 15) is 4.79 Å². The Labute approximate surface area is 137 Å². The summed E-state index contributed by atoms with van der Waals surface area (Å²) in [5.74, 6) is 0.698. The van der Waals surface area contributed by atoms with Crippen LogP contribution in [0.25, 0.3) is 11.0 Å². The fourth-order valence-electron chi connectivity index (χ4n) is 3.12. The molecule has 4 rings (SSSR count). The summed E-state index contributed by atoms with van der Waals surface area (Å²) < 4.78 is 8.54. The second-order valence-electron chi connectivity index (χ2n) is 5.94. The molecule has 0 atom stereocenters. The maximum atomic E-state index is 12.1. The summed E-state index contributed by atoms with van der Waals surface area (Å²) in [5.41, 5.74) is 4.95. The lowest BCUT2D eigenvalue weighted by Gasteiger charge is -2.19. The quantitative estimate of drug-likeness (QED) is 0.775. The molecule has 0 radical (unpaired) electrons. The monoisotopic (exact) mass is 327 g/mol. The molecular weight excluding hydrogens is 310 g/mol. The van der Waals surface area contributed by atoms with E-state index in [1.807, 2.05) is 13.0 Å². The Bertz CT molecular complexity index is 916. The van der Waals surface area contributed by atoms with Gasteiger partial charge < -0.3 is 4.98 Å². The highest BCUT2D eigenvalue weighted by atomic mass is 32.1. The molecule has 3 heterocycles. The number of nitrogens with zero attached hydrogens (tertiary/aromatic N) is 4. The molecule has 0 aliphatic carbocycles. The minimum atomic E-state index is 0.0179. The van der Waals surface area contributed by atoms with Crippen LogP contribution in [0, 0.1) is 6.92 Å². The molecule has 0 bridgehead atoms. The van der Waals surface area contributed by atoms with E-state index in [1.165, 1.54) is 17.3 Å². The van der Waals surface area contributed by atoms with E-state index < -0.39 is 0 Å². The first-order chi connectivity index (χ1) is 11.2. The summed E-state index contributed by atoms with van der Waals surface area (Å²) in [7, 11) is 0. The molecule has 0 spiro atoms. The van der Waals surface area contributed by atoms with Gasteiger partial charge in [-0.1, -0.05) is 6.07 Å². The van der Waals surface area contributed by atoms with Crippen LogP contribution in [0.5, 0.6) is 0 Å². The highest BCUT2D eigenvalue weighted by molar-refractivity contribution is 7.00. The molecule has 3 aromatic rings. The Morgan fingerprint density at radius 2 is 2.04 bits per heavy atom. The smallest absolute Gasteiger partial charge is 0.254 e. The lowest BCUT2D eigenvalue weighted by atomic mass is 10.1. The van der Waals surface area contributed by atoms with E-state index in [-0.39, 0.29) is 5.56 Å². The number of rotatable bonds is 2. The summed E-state index contributed by atoms with van der Waals surface area (Å²) in [6.45, 7) is 4.48. The maximum Gasteiger partial charge on any atom is 0.254 e. The fourth-order valence-corrected chi connectivity index (χ4v) is 3.64. The number of fused-ring (bicyclic) bond motifs is 2. The van der Waals surface area contributed by atoms with Crippen LogP contribution in [0.15, 0.2) is 23.0 Å². The minimum Gasteiger partial charge on any atom is -0.311 e.